The molecule has 1 saturated heterocycles. The first-order chi connectivity index (χ1) is 8.10. The van der Waals surface area contributed by atoms with Gasteiger partial charge in [-0.1, -0.05) is 13.0 Å². The summed E-state index contributed by atoms with van der Waals surface area (Å²) in [7, 11) is 0. The summed E-state index contributed by atoms with van der Waals surface area (Å²) in [5, 5.41) is 0. The number of allylic oxidation sites excluding steroid dienone is 1. The second-order valence-electron chi connectivity index (χ2n) is 5.84. The summed E-state index contributed by atoms with van der Waals surface area (Å²) in [6.07, 6.45) is 4.20. The Bertz CT molecular complexity index is 396. The molecule has 92 valence electrons. The maximum absolute atomic E-state index is 12.0. The van der Waals surface area contributed by atoms with Gasteiger partial charge in [-0.25, -0.2) is 0 Å². The van der Waals surface area contributed by atoms with Gasteiger partial charge in [-0.3, -0.25) is 9.59 Å². The molecule has 3 rings (SSSR count). The molecule has 1 heterocycles. The van der Waals surface area contributed by atoms with Crippen LogP contribution in [0.5, 0.6) is 0 Å². The van der Waals surface area contributed by atoms with Crippen LogP contribution in [0.15, 0.2) is 12.7 Å². The third-order valence-electron chi connectivity index (χ3n) is 5.32. The average molecular weight is 234 g/mol. The fourth-order valence-electron chi connectivity index (χ4n) is 4.49. The highest BCUT2D eigenvalue weighted by Crippen LogP contribution is 2.64. The lowest BCUT2D eigenvalue weighted by Gasteiger charge is -2.33. The highest BCUT2D eigenvalue weighted by molar-refractivity contribution is 5.86. The quantitative estimate of drug-likeness (QED) is 0.542. The van der Waals surface area contributed by atoms with Gasteiger partial charge in [-0.05, 0) is 24.2 Å². The van der Waals surface area contributed by atoms with Crippen LogP contribution in [-0.2, 0) is 14.3 Å². The Hall–Kier alpha value is -1.12. The number of esters is 1. The van der Waals surface area contributed by atoms with Crippen LogP contribution in [-0.4, -0.2) is 18.4 Å². The smallest absolute Gasteiger partial charge is 0.309 e. The molecule has 0 aromatic carbocycles. The van der Waals surface area contributed by atoms with Gasteiger partial charge in [0.25, 0.3) is 0 Å². The van der Waals surface area contributed by atoms with Crippen LogP contribution in [0.4, 0.5) is 0 Å². The van der Waals surface area contributed by atoms with Gasteiger partial charge in [-0.2, -0.15) is 0 Å². The molecule has 17 heavy (non-hydrogen) atoms. The van der Waals surface area contributed by atoms with Crippen molar-refractivity contribution >= 4 is 11.8 Å². The van der Waals surface area contributed by atoms with E-state index >= 15 is 0 Å². The van der Waals surface area contributed by atoms with Gasteiger partial charge in [-0.15, -0.1) is 6.58 Å². The van der Waals surface area contributed by atoms with E-state index in [4.69, 9.17) is 4.74 Å². The predicted octanol–water partition coefficient (Wildman–Crippen LogP) is 1.97. The number of hydrogen-bond acceptors (Lipinski definition) is 3. The van der Waals surface area contributed by atoms with Crippen LogP contribution in [0.2, 0.25) is 0 Å². The van der Waals surface area contributed by atoms with Crippen molar-refractivity contribution in [3.8, 4) is 0 Å². The lowest BCUT2D eigenvalue weighted by molar-refractivity contribution is -0.141. The maximum Gasteiger partial charge on any atom is 0.309 e. The minimum absolute atomic E-state index is 0.0327. The summed E-state index contributed by atoms with van der Waals surface area (Å²) in [5.74, 6) is 1.05. The second-order valence-corrected chi connectivity index (χ2v) is 5.84. The first-order valence-corrected chi connectivity index (χ1v) is 6.40. The molecule has 2 aliphatic carbocycles. The van der Waals surface area contributed by atoms with Gasteiger partial charge in [0, 0.05) is 18.3 Å². The number of fused-ring (bicyclic) bond motifs is 3. The average Bonchev–Trinajstić information content (AvgIpc) is 2.85. The van der Waals surface area contributed by atoms with E-state index in [1.807, 2.05) is 13.0 Å². The number of ketones is 1. The molecule has 2 saturated carbocycles. The lowest BCUT2D eigenvalue weighted by Crippen LogP contribution is -2.30. The van der Waals surface area contributed by atoms with E-state index in [2.05, 4.69) is 6.58 Å². The molecule has 0 aromatic rings. The van der Waals surface area contributed by atoms with Crippen LogP contribution in [0.25, 0.3) is 0 Å². The van der Waals surface area contributed by atoms with E-state index < -0.39 is 0 Å². The van der Waals surface area contributed by atoms with Gasteiger partial charge >= 0.3 is 5.97 Å². The monoisotopic (exact) mass is 234 g/mol. The molecule has 3 fully saturated rings. The first-order valence-electron chi connectivity index (χ1n) is 6.40. The van der Waals surface area contributed by atoms with E-state index in [1.165, 1.54) is 0 Å². The van der Waals surface area contributed by atoms with Gasteiger partial charge < -0.3 is 4.74 Å². The zero-order chi connectivity index (χ0) is 12.2. The largest absolute Gasteiger partial charge is 0.465 e. The molecular weight excluding hydrogens is 216 g/mol. The summed E-state index contributed by atoms with van der Waals surface area (Å²) in [6.45, 7) is 6.35. The summed E-state index contributed by atoms with van der Waals surface area (Å²) in [5.41, 5.74) is -0.0327. The van der Waals surface area contributed by atoms with E-state index in [0.717, 1.165) is 12.8 Å². The zero-order valence-electron chi connectivity index (χ0n) is 10.1. The molecule has 0 N–H and O–H groups in total. The van der Waals surface area contributed by atoms with Crippen LogP contribution in [0, 0.1) is 29.1 Å². The van der Waals surface area contributed by atoms with Crippen LogP contribution >= 0.6 is 0 Å². The zero-order valence-corrected chi connectivity index (χ0v) is 10.1. The highest BCUT2D eigenvalue weighted by Gasteiger charge is 2.65. The molecule has 3 aliphatic rings. The third-order valence-corrected chi connectivity index (χ3v) is 5.32. The molecule has 0 bridgehead atoms. The Morgan fingerprint density at radius 3 is 2.94 bits per heavy atom. The van der Waals surface area contributed by atoms with Crippen molar-refractivity contribution in [1.82, 2.24) is 0 Å². The van der Waals surface area contributed by atoms with Crippen LogP contribution in [0.1, 0.15) is 26.2 Å². The van der Waals surface area contributed by atoms with Crippen LogP contribution < -0.4 is 0 Å². The topological polar surface area (TPSA) is 43.4 Å². The maximum atomic E-state index is 12.0. The third kappa shape index (κ3) is 1.23. The SMILES string of the molecule is C=CC[C@@]12CC(=O)[C@H](C)[C@@H]1C[C@H]1C(=O)OC[C@H]12. The van der Waals surface area contributed by atoms with Crippen molar-refractivity contribution in [3.63, 3.8) is 0 Å². The Balaban J connectivity index is 2.01. The molecule has 1 aliphatic heterocycles. The normalized spacial score (nSPS) is 47.8. The van der Waals surface area contributed by atoms with Crippen molar-refractivity contribution < 1.29 is 14.3 Å². The number of cyclic esters (lactones) is 1. The van der Waals surface area contributed by atoms with Crippen molar-refractivity contribution in [3.05, 3.63) is 12.7 Å². The molecular formula is C14H18O3. The number of rotatable bonds is 2. The number of carbonyl (C=O) groups is 2. The molecule has 0 radical (unpaired) electrons. The van der Waals surface area contributed by atoms with E-state index in [1.54, 1.807) is 0 Å². The molecule has 0 amide bonds. The first kappa shape index (κ1) is 11.0. The minimum Gasteiger partial charge on any atom is -0.465 e. The Morgan fingerprint density at radius 2 is 2.24 bits per heavy atom. The number of hydrogen-bond donors (Lipinski definition) is 0. The number of Topliss-reactive ketones (excluding diaryl/α,β-unsaturated/α-hetero) is 1. The molecule has 5 atom stereocenters. The van der Waals surface area contributed by atoms with Crippen molar-refractivity contribution in [2.45, 2.75) is 26.2 Å². The lowest BCUT2D eigenvalue weighted by atomic mass is 9.70. The van der Waals surface area contributed by atoms with Gasteiger partial charge in [0.1, 0.15) is 5.78 Å². The Labute approximate surface area is 101 Å². The van der Waals surface area contributed by atoms with E-state index in [0.29, 0.717) is 24.7 Å². The van der Waals surface area contributed by atoms with Gasteiger partial charge in [0.15, 0.2) is 0 Å². The highest BCUT2D eigenvalue weighted by atomic mass is 16.5. The molecule has 3 nitrogen and oxygen atoms in total. The van der Waals surface area contributed by atoms with E-state index in [-0.39, 0.29) is 29.1 Å². The van der Waals surface area contributed by atoms with Crippen LogP contribution in [0.3, 0.4) is 0 Å². The summed E-state index contributed by atoms with van der Waals surface area (Å²) < 4.78 is 5.19. The number of carbonyl (C=O) groups excluding carboxylic acids is 2. The number of ether oxygens (including phenoxy) is 1. The standard InChI is InChI=1S/C14H18O3/c1-3-4-14-6-12(15)8(2)10(14)5-9-11(14)7-17-13(9)16/h3,8-11H,1,4-7H2,2H3/t8-,9-,10+,11-,14-/m1/s1. The summed E-state index contributed by atoms with van der Waals surface area (Å²) in [4.78, 5) is 23.7. The van der Waals surface area contributed by atoms with Gasteiger partial charge in [0.2, 0.25) is 0 Å². The summed E-state index contributed by atoms with van der Waals surface area (Å²) in [6, 6.07) is 0. The van der Waals surface area contributed by atoms with Gasteiger partial charge in [0.05, 0.1) is 12.5 Å². The molecule has 3 heteroatoms. The van der Waals surface area contributed by atoms with E-state index in [9.17, 15) is 9.59 Å². The molecule has 0 aromatic heterocycles. The Morgan fingerprint density at radius 1 is 1.47 bits per heavy atom. The van der Waals surface area contributed by atoms with Crippen molar-refractivity contribution in [1.29, 1.82) is 0 Å². The minimum atomic E-state index is -0.0486. The summed E-state index contributed by atoms with van der Waals surface area (Å²) >= 11 is 0. The predicted molar refractivity (Wildman–Crippen MR) is 62.1 cm³/mol. The molecule has 0 spiro atoms. The van der Waals surface area contributed by atoms with Crippen molar-refractivity contribution in [2.75, 3.05) is 6.61 Å². The fourth-order valence-corrected chi connectivity index (χ4v) is 4.49. The molecule has 0 unspecified atom stereocenters. The second kappa shape index (κ2) is 3.44. The van der Waals surface area contributed by atoms with Crippen molar-refractivity contribution in [2.24, 2.45) is 29.1 Å². The Kier molecular flexibility index (Phi) is 2.22. The fraction of sp³-hybridized carbons (Fsp3) is 0.714.